The predicted octanol–water partition coefficient (Wildman–Crippen LogP) is 3.36. The molecule has 1 saturated heterocycles. The van der Waals surface area contributed by atoms with Crippen LogP contribution in [0.1, 0.15) is 42.9 Å². The van der Waals surface area contributed by atoms with Gasteiger partial charge in [0.2, 0.25) is 11.9 Å². The lowest BCUT2D eigenvalue weighted by molar-refractivity contribution is -0.114. The highest BCUT2D eigenvalue weighted by atomic mass is 16.2. The Labute approximate surface area is 159 Å². The van der Waals surface area contributed by atoms with E-state index in [-0.39, 0.29) is 11.8 Å². The van der Waals surface area contributed by atoms with Gasteiger partial charge in [-0.25, -0.2) is 9.97 Å². The molecule has 0 radical (unpaired) electrons. The summed E-state index contributed by atoms with van der Waals surface area (Å²) in [4.78, 5) is 34.7. The molecule has 1 aliphatic rings. The van der Waals surface area contributed by atoms with E-state index in [0.717, 1.165) is 37.3 Å². The molecular formula is C20H25N5O2. The topological polar surface area (TPSA) is 87.2 Å². The van der Waals surface area contributed by atoms with Crippen LogP contribution in [0.2, 0.25) is 0 Å². The van der Waals surface area contributed by atoms with Crippen molar-refractivity contribution in [1.29, 1.82) is 0 Å². The van der Waals surface area contributed by atoms with Crippen molar-refractivity contribution < 1.29 is 9.59 Å². The second kappa shape index (κ2) is 8.16. The fraction of sp³-hybridized carbons (Fsp3) is 0.400. The first-order chi connectivity index (χ1) is 12.9. The highest BCUT2D eigenvalue weighted by Gasteiger charge is 2.23. The number of anilines is 3. The number of hydrogen-bond acceptors (Lipinski definition) is 5. The minimum Gasteiger partial charge on any atom is -0.337 e. The number of likely N-dealkylation sites (tertiary alicyclic amines) is 1. The minimum atomic E-state index is -0.136. The molecule has 0 saturated carbocycles. The standard InChI is InChI=1S/C20H25N5O2/c1-13-6-5-9-25(12-13)19(27)18-10-14(2)21-20(24-18)23-17-8-4-7-16(11-17)22-15(3)26/h4,7-8,10-11,13H,5-6,9,12H2,1-3H3,(H,22,26)(H,21,23,24). The smallest absolute Gasteiger partial charge is 0.272 e. The number of benzene rings is 1. The summed E-state index contributed by atoms with van der Waals surface area (Å²) in [5.74, 6) is 0.688. The van der Waals surface area contributed by atoms with Crippen LogP contribution in [-0.2, 0) is 4.79 Å². The van der Waals surface area contributed by atoms with Crippen LogP contribution in [0.25, 0.3) is 0 Å². The van der Waals surface area contributed by atoms with Crippen LogP contribution >= 0.6 is 0 Å². The Bertz CT molecular complexity index is 852. The molecule has 7 nitrogen and oxygen atoms in total. The van der Waals surface area contributed by atoms with Crippen molar-refractivity contribution in [2.75, 3.05) is 23.7 Å². The third-order valence-corrected chi connectivity index (χ3v) is 4.46. The van der Waals surface area contributed by atoms with Gasteiger partial charge in [-0.15, -0.1) is 0 Å². The van der Waals surface area contributed by atoms with Gasteiger partial charge in [-0.3, -0.25) is 9.59 Å². The maximum absolute atomic E-state index is 12.8. The molecule has 2 aromatic rings. The van der Waals surface area contributed by atoms with Crippen molar-refractivity contribution in [1.82, 2.24) is 14.9 Å². The van der Waals surface area contributed by atoms with E-state index in [9.17, 15) is 9.59 Å². The van der Waals surface area contributed by atoms with Crippen LogP contribution in [0, 0.1) is 12.8 Å². The van der Waals surface area contributed by atoms with E-state index in [4.69, 9.17) is 0 Å². The maximum Gasteiger partial charge on any atom is 0.272 e. The zero-order chi connectivity index (χ0) is 19.4. The fourth-order valence-electron chi connectivity index (χ4n) is 3.28. The molecule has 0 spiro atoms. The Morgan fingerprint density at radius 2 is 1.96 bits per heavy atom. The van der Waals surface area contributed by atoms with E-state index in [2.05, 4.69) is 27.5 Å². The number of carbonyl (C=O) groups excluding carboxylic acids is 2. The molecule has 1 fully saturated rings. The molecule has 7 heteroatoms. The van der Waals surface area contributed by atoms with Crippen LogP contribution < -0.4 is 10.6 Å². The van der Waals surface area contributed by atoms with Gasteiger partial charge in [0.05, 0.1) is 0 Å². The normalized spacial score (nSPS) is 16.7. The highest BCUT2D eigenvalue weighted by molar-refractivity contribution is 5.93. The lowest BCUT2D eigenvalue weighted by Gasteiger charge is -2.30. The van der Waals surface area contributed by atoms with Crippen molar-refractivity contribution in [3.05, 3.63) is 41.7 Å². The molecule has 1 atom stereocenters. The van der Waals surface area contributed by atoms with E-state index in [1.807, 2.05) is 24.0 Å². The molecular weight excluding hydrogens is 342 g/mol. The summed E-state index contributed by atoms with van der Waals surface area (Å²) in [6.07, 6.45) is 2.18. The Balaban J connectivity index is 1.79. The van der Waals surface area contributed by atoms with Crippen LogP contribution in [0.3, 0.4) is 0 Å². The van der Waals surface area contributed by atoms with Gasteiger partial charge >= 0.3 is 0 Å². The second-order valence-electron chi connectivity index (χ2n) is 7.10. The van der Waals surface area contributed by atoms with Crippen LogP contribution in [0.4, 0.5) is 17.3 Å². The SMILES string of the molecule is CC(=O)Nc1cccc(Nc2nc(C)cc(C(=O)N3CCCC(C)C3)n2)c1. The quantitative estimate of drug-likeness (QED) is 0.865. The van der Waals surface area contributed by atoms with E-state index >= 15 is 0 Å². The predicted molar refractivity (Wildman–Crippen MR) is 105 cm³/mol. The zero-order valence-corrected chi connectivity index (χ0v) is 16.0. The first-order valence-electron chi connectivity index (χ1n) is 9.20. The average Bonchev–Trinajstić information content (AvgIpc) is 2.60. The molecule has 0 aliphatic carbocycles. The van der Waals surface area contributed by atoms with Gasteiger partial charge in [-0.1, -0.05) is 13.0 Å². The van der Waals surface area contributed by atoms with Crippen LogP contribution in [-0.4, -0.2) is 39.8 Å². The van der Waals surface area contributed by atoms with Crippen LogP contribution in [0.5, 0.6) is 0 Å². The number of amides is 2. The van der Waals surface area contributed by atoms with E-state index in [0.29, 0.717) is 23.2 Å². The molecule has 3 rings (SSSR count). The third kappa shape index (κ3) is 5.03. The van der Waals surface area contributed by atoms with Gasteiger partial charge in [-0.2, -0.15) is 0 Å². The van der Waals surface area contributed by atoms with E-state index in [1.54, 1.807) is 18.2 Å². The number of hydrogen-bond donors (Lipinski definition) is 2. The molecule has 2 heterocycles. The van der Waals surface area contributed by atoms with Crippen molar-refractivity contribution in [3.8, 4) is 0 Å². The molecule has 27 heavy (non-hydrogen) atoms. The molecule has 1 unspecified atom stereocenters. The summed E-state index contributed by atoms with van der Waals surface area (Å²) in [5.41, 5.74) is 2.53. The highest BCUT2D eigenvalue weighted by Crippen LogP contribution is 2.21. The summed E-state index contributed by atoms with van der Waals surface area (Å²) in [7, 11) is 0. The zero-order valence-electron chi connectivity index (χ0n) is 16.0. The summed E-state index contributed by atoms with van der Waals surface area (Å²) >= 11 is 0. The van der Waals surface area contributed by atoms with Crippen molar-refractivity contribution in [2.45, 2.75) is 33.6 Å². The summed E-state index contributed by atoms with van der Waals surface area (Å²) in [6.45, 7) is 7.01. The molecule has 2 amide bonds. The van der Waals surface area contributed by atoms with Gasteiger partial charge in [-0.05, 0) is 49.9 Å². The summed E-state index contributed by atoms with van der Waals surface area (Å²) in [5, 5.41) is 5.86. The first-order valence-corrected chi connectivity index (χ1v) is 9.20. The number of piperidine rings is 1. The number of aromatic nitrogens is 2. The molecule has 1 aromatic carbocycles. The maximum atomic E-state index is 12.8. The number of carbonyl (C=O) groups is 2. The van der Waals surface area contributed by atoms with Crippen molar-refractivity contribution in [2.24, 2.45) is 5.92 Å². The number of rotatable bonds is 4. The number of nitrogens with zero attached hydrogens (tertiary/aromatic N) is 3. The first kappa shape index (κ1) is 18.8. The lowest BCUT2D eigenvalue weighted by atomic mass is 10.00. The fourth-order valence-corrected chi connectivity index (χ4v) is 3.28. The van der Waals surface area contributed by atoms with Gasteiger partial charge in [0, 0.05) is 37.1 Å². The number of aryl methyl sites for hydroxylation is 1. The van der Waals surface area contributed by atoms with Crippen LogP contribution in [0.15, 0.2) is 30.3 Å². The molecule has 1 aliphatic heterocycles. The summed E-state index contributed by atoms with van der Waals surface area (Å²) < 4.78 is 0. The second-order valence-corrected chi connectivity index (χ2v) is 7.10. The Hall–Kier alpha value is -2.96. The average molecular weight is 367 g/mol. The molecule has 2 N–H and O–H groups in total. The van der Waals surface area contributed by atoms with Gasteiger partial charge in [0.15, 0.2) is 0 Å². The Morgan fingerprint density at radius 1 is 1.19 bits per heavy atom. The van der Waals surface area contributed by atoms with E-state index < -0.39 is 0 Å². The van der Waals surface area contributed by atoms with E-state index in [1.165, 1.54) is 6.92 Å². The Kier molecular flexibility index (Phi) is 5.69. The Morgan fingerprint density at radius 3 is 2.70 bits per heavy atom. The summed E-state index contributed by atoms with van der Waals surface area (Å²) in [6, 6.07) is 8.99. The third-order valence-electron chi connectivity index (χ3n) is 4.46. The molecule has 1 aromatic heterocycles. The van der Waals surface area contributed by atoms with Gasteiger partial charge in [0.1, 0.15) is 5.69 Å². The number of nitrogens with one attached hydrogen (secondary N) is 2. The van der Waals surface area contributed by atoms with Crippen molar-refractivity contribution >= 4 is 29.1 Å². The van der Waals surface area contributed by atoms with Gasteiger partial charge < -0.3 is 15.5 Å². The largest absolute Gasteiger partial charge is 0.337 e. The van der Waals surface area contributed by atoms with Gasteiger partial charge in [0.25, 0.3) is 5.91 Å². The van der Waals surface area contributed by atoms with Crippen molar-refractivity contribution in [3.63, 3.8) is 0 Å². The minimum absolute atomic E-state index is 0.0536. The molecule has 142 valence electrons. The monoisotopic (exact) mass is 367 g/mol. The lowest BCUT2D eigenvalue weighted by Crippen LogP contribution is -2.39. The molecule has 0 bridgehead atoms.